The normalized spacial score (nSPS) is 22.6. The predicted molar refractivity (Wildman–Crippen MR) is 66.8 cm³/mol. The van der Waals surface area contributed by atoms with Gasteiger partial charge in [-0.1, -0.05) is 5.16 Å². The molecule has 1 aromatic heterocycles. The lowest BCUT2D eigenvalue weighted by atomic mass is 10.3. The third-order valence-electron chi connectivity index (χ3n) is 2.68. The van der Waals surface area contributed by atoms with Gasteiger partial charge in [-0.05, 0) is 19.6 Å². The molecular weight excluding hydrogens is 238 g/mol. The molecule has 2 rings (SSSR count). The lowest BCUT2D eigenvalue weighted by Crippen LogP contribution is -2.29. The van der Waals surface area contributed by atoms with Gasteiger partial charge < -0.3 is 9.26 Å². The third-order valence-corrected chi connectivity index (χ3v) is 3.23. The molecule has 0 aliphatic carbocycles. The average Bonchev–Trinajstić information content (AvgIpc) is 2.62. The maximum absolute atomic E-state index is 5.60. The molecule has 0 aromatic carbocycles. The fourth-order valence-corrected chi connectivity index (χ4v) is 2.33. The highest BCUT2D eigenvalue weighted by molar-refractivity contribution is 7.97. The second-order valence-electron chi connectivity index (χ2n) is 4.31. The largest absolute Gasteiger partial charge is 0.377 e. The van der Waals surface area contributed by atoms with Crippen molar-refractivity contribution < 1.29 is 9.26 Å². The molecule has 0 spiro atoms. The Morgan fingerprint density at radius 3 is 3.24 bits per heavy atom. The van der Waals surface area contributed by atoms with Gasteiger partial charge in [0.2, 0.25) is 5.89 Å². The van der Waals surface area contributed by atoms with Crippen LogP contribution >= 0.6 is 11.8 Å². The van der Waals surface area contributed by atoms with E-state index in [4.69, 9.17) is 9.26 Å². The summed E-state index contributed by atoms with van der Waals surface area (Å²) in [4.78, 5) is 6.68. The molecule has 0 bridgehead atoms. The van der Waals surface area contributed by atoms with Gasteiger partial charge in [0.25, 0.3) is 0 Å². The van der Waals surface area contributed by atoms with Gasteiger partial charge in [0.15, 0.2) is 5.82 Å². The van der Waals surface area contributed by atoms with E-state index < -0.39 is 0 Å². The van der Waals surface area contributed by atoms with E-state index in [1.54, 1.807) is 11.8 Å². The molecule has 1 saturated heterocycles. The Morgan fingerprint density at radius 1 is 1.53 bits per heavy atom. The average molecular weight is 257 g/mol. The summed E-state index contributed by atoms with van der Waals surface area (Å²) in [5, 5.41) is 3.95. The second kappa shape index (κ2) is 6.37. The van der Waals surface area contributed by atoms with Crippen LogP contribution in [-0.2, 0) is 17.0 Å². The number of thioether (sulfide) groups is 1. The van der Waals surface area contributed by atoms with Crippen LogP contribution < -0.4 is 0 Å². The molecule has 1 atom stereocenters. The number of hydrogen-bond donors (Lipinski definition) is 0. The molecule has 6 heteroatoms. The maximum atomic E-state index is 5.60. The monoisotopic (exact) mass is 257 g/mol. The van der Waals surface area contributed by atoms with Crippen molar-refractivity contribution in [3.8, 4) is 0 Å². The number of hydrogen-bond acceptors (Lipinski definition) is 6. The van der Waals surface area contributed by atoms with Gasteiger partial charge >= 0.3 is 0 Å². The molecule has 1 aliphatic heterocycles. The van der Waals surface area contributed by atoms with Gasteiger partial charge in [0, 0.05) is 19.7 Å². The van der Waals surface area contributed by atoms with E-state index in [9.17, 15) is 0 Å². The zero-order valence-corrected chi connectivity index (χ0v) is 11.2. The van der Waals surface area contributed by atoms with Crippen LogP contribution in [0.2, 0.25) is 0 Å². The van der Waals surface area contributed by atoms with Gasteiger partial charge in [-0.15, -0.1) is 0 Å². The Hall–Kier alpha value is -0.590. The van der Waals surface area contributed by atoms with Crippen LogP contribution in [0.1, 0.15) is 25.1 Å². The maximum Gasteiger partial charge on any atom is 0.240 e. The molecule has 0 N–H and O–H groups in total. The van der Waals surface area contributed by atoms with E-state index in [-0.39, 0.29) is 6.10 Å². The highest BCUT2D eigenvalue weighted by Gasteiger charge is 2.17. The Bertz CT molecular complexity index is 345. The molecule has 1 aliphatic rings. The van der Waals surface area contributed by atoms with Crippen molar-refractivity contribution in [1.29, 1.82) is 0 Å². The first-order valence-corrected chi connectivity index (χ1v) is 7.31. The van der Waals surface area contributed by atoms with Crippen LogP contribution in [0, 0.1) is 0 Å². The highest BCUT2D eigenvalue weighted by Crippen LogP contribution is 2.11. The van der Waals surface area contributed by atoms with Crippen LogP contribution in [0.3, 0.4) is 0 Å². The first-order valence-electron chi connectivity index (χ1n) is 5.92. The van der Waals surface area contributed by atoms with Crippen LogP contribution in [0.4, 0.5) is 0 Å². The standard InChI is InChI=1S/C11H19N3O2S/c1-9-6-14(4-3-5-15-9)7-11-12-10(8-17-2)13-16-11/h9H,3-8H2,1-2H3/t9-/m0/s1. The summed E-state index contributed by atoms with van der Waals surface area (Å²) in [7, 11) is 0. The molecule has 96 valence electrons. The third kappa shape index (κ3) is 3.97. The van der Waals surface area contributed by atoms with Gasteiger partial charge in [0.1, 0.15) is 0 Å². The Morgan fingerprint density at radius 2 is 2.41 bits per heavy atom. The van der Waals surface area contributed by atoms with Gasteiger partial charge in [-0.25, -0.2) is 0 Å². The second-order valence-corrected chi connectivity index (χ2v) is 5.17. The fraction of sp³-hybridized carbons (Fsp3) is 0.818. The summed E-state index contributed by atoms with van der Waals surface area (Å²) in [6.45, 7) is 5.64. The van der Waals surface area contributed by atoms with Crippen molar-refractivity contribution in [2.45, 2.75) is 31.7 Å². The van der Waals surface area contributed by atoms with E-state index in [0.717, 1.165) is 44.2 Å². The van der Waals surface area contributed by atoms with Crippen LogP contribution in [0.15, 0.2) is 4.52 Å². The van der Waals surface area contributed by atoms with Gasteiger partial charge in [0.05, 0.1) is 18.4 Å². The van der Waals surface area contributed by atoms with Crippen LogP contribution in [0.25, 0.3) is 0 Å². The first-order chi connectivity index (χ1) is 8.28. The fourth-order valence-electron chi connectivity index (χ4n) is 1.96. The van der Waals surface area contributed by atoms with Crippen molar-refractivity contribution in [2.75, 3.05) is 26.0 Å². The zero-order chi connectivity index (χ0) is 12.1. The van der Waals surface area contributed by atoms with Crippen LogP contribution in [0.5, 0.6) is 0 Å². The molecular formula is C11H19N3O2S. The van der Waals surface area contributed by atoms with E-state index in [0.29, 0.717) is 5.89 Å². The molecule has 1 aromatic rings. The SMILES string of the molecule is CSCc1noc(CN2CCCO[C@@H](C)C2)n1. The summed E-state index contributed by atoms with van der Waals surface area (Å²) in [6, 6.07) is 0. The topological polar surface area (TPSA) is 51.4 Å². The summed E-state index contributed by atoms with van der Waals surface area (Å²) < 4.78 is 10.8. The highest BCUT2D eigenvalue weighted by atomic mass is 32.2. The van der Waals surface area contributed by atoms with Gasteiger partial charge in [-0.3, -0.25) is 4.90 Å². The summed E-state index contributed by atoms with van der Waals surface area (Å²) in [5.41, 5.74) is 0. The summed E-state index contributed by atoms with van der Waals surface area (Å²) in [5.74, 6) is 2.30. The number of ether oxygens (including phenoxy) is 1. The van der Waals surface area contributed by atoms with E-state index in [2.05, 4.69) is 22.0 Å². The van der Waals surface area contributed by atoms with Crippen molar-refractivity contribution in [1.82, 2.24) is 15.0 Å². The number of aromatic nitrogens is 2. The van der Waals surface area contributed by atoms with Crippen molar-refractivity contribution in [3.05, 3.63) is 11.7 Å². The van der Waals surface area contributed by atoms with Crippen molar-refractivity contribution in [3.63, 3.8) is 0 Å². The number of nitrogens with zero attached hydrogens (tertiary/aromatic N) is 3. The molecule has 0 amide bonds. The Balaban J connectivity index is 1.89. The lowest BCUT2D eigenvalue weighted by molar-refractivity contribution is 0.0653. The Labute approximate surface area is 106 Å². The van der Waals surface area contributed by atoms with Crippen molar-refractivity contribution in [2.24, 2.45) is 0 Å². The first kappa shape index (κ1) is 12.9. The minimum atomic E-state index is 0.283. The molecule has 5 nitrogen and oxygen atoms in total. The molecule has 1 fully saturated rings. The number of rotatable bonds is 4. The predicted octanol–water partition coefficient (Wildman–Crippen LogP) is 1.54. The summed E-state index contributed by atoms with van der Waals surface area (Å²) in [6.07, 6.45) is 3.38. The lowest BCUT2D eigenvalue weighted by Gasteiger charge is -2.19. The van der Waals surface area contributed by atoms with E-state index in [1.807, 2.05) is 6.26 Å². The molecule has 17 heavy (non-hydrogen) atoms. The minimum Gasteiger partial charge on any atom is -0.377 e. The van der Waals surface area contributed by atoms with E-state index >= 15 is 0 Å². The van der Waals surface area contributed by atoms with Crippen molar-refractivity contribution >= 4 is 11.8 Å². The molecule has 2 heterocycles. The van der Waals surface area contributed by atoms with Crippen LogP contribution in [-0.4, -0.2) is 47.1 Å². The van der Waals surface area contributed by atoms with E-state index in [1.165, 1.54) is 0 Å². The smallest absolute Gasteiger partial charge is 0.240 e. The molecule has 0 unspecified atom stereocenters. The minimum absolute atomic E-state index is 0.283. The van der Waals surface area contributed by atoms with Gasteiger partial charge in [-0.2, -0.15) is 16.7 Å². The molecule has 0 saturated carbocycles. The quantitative estimate of drug-likeness (QED) is 0.815. The summed E-state index contributed by atoms with van der Waals surface area (Å²) >= 11 is 1.70. The zero-order valence-electron chi connectivity index (χ0n) is 10.4. The molecule has 0 radical (unpaired) electrons. The Kier molecular flexibility index (Phi) is 4.82.